The molecule has 0 aliphatic heterocycles. The molecule has 0 radical (unpaired) electrons. The number of primary sulfonamides is 1. The fourth-order valence-corrected chi connectivity index (χ4v) is 2.43. The number of aliphatic hydroxyl groups is 1. The lowest BCUT2D eigenvalue weighted by molar-refractivity contribution is 0.343. The van der Waals surface area contributed by atoms with E-state index in [-0.39, 0.29) is 10.8 Å². The predicted octanol–water partition coefficient (Wildman–Crippen LogP) is 0.401. The van der Waals surface area contributed by atoms with Crippen molar-refractivity contribution in [3.8, 4) is 0 Å². The average molecular weight is 219 g/mol. The highest BCUT2D eigenvalue weighted by atomic mass is 32.2. The number of hydrogen-bond acceptors (Lipinski definition) is 4. The van der Waals surface area contributed by atoms with Crippen molar-refractivity contribution in [3.05, 3.63) is 23.1 Å². The summed E-state index contributed by atoms with van der Waals surface area (Å²) in [6, 6.07) is 3.08. The van der Waals surface area contributed by atoms with Gasteiger partial charge in [-0.2, -0.15) is 0 Å². The van der Waals surface area contributed by atoms with Gasteiger partial charge in [0.05, 0.1) is 6.61 Å². The number of rotatable bonds is 3. The summed E-state index contributed by atoms with van der Waals surface area (Å²) < 4.78 is 21.8. The second kappa shape index (κ2) is 4.01. The van der Waals surface area contributed by atoms with Crippen LogP contribution in [0.4, 0.5) is 0 Å². The molecule has 0 aromatic carbocycles. The molecule has 0 aliphatic rings. The van der Waals surface area contributed by atoms with Gasteiger partial charge in [0.1, 0.15) is 4.21 Å². The fraction of sp³-hybridized carbons (Fsp3) is 0.143. The topological polar surface area (TPSA) is 80.4 Å². The van der Waals surface area contributed by atoms with E-state index in [9.17, 15) is 8.42 Å². The highest BCUT2D eigenvalue weighted by Gasteiger charge is 2.09. The van der Waals surface area contributed by atoms with Gasteiger partial charge in [-0.3, -0.25) is 0 Å². The fourth-order valence-electron chi connectivity index (χ4n) is 0.746. The Balaban J connectivity index is 2.94. The largest absolute Gasteiger partial charge is 0.392 e. The molecule has 6 heteroatoms. The molecule has 72 valence electrons. The molecule has 0 unspecified atom stereocenters. The van der Waals surface area contributed by atoms with Crippen LogP contribution in [-0.2, 0) is 10.0 Å². The third-order valence-electron chi connectivity index (χ3n) is 1.27. The molecule has 1 aromatic heterocycles. The molecule has 1 heterocycles. The van der Waals surface area contributed by atoms with Crippen molar-refractivity contribution in [1.29, 1.82) is 0 Å². The predicted molar refractivity (Wildman–Crippen MR) is 51.8 cm³/mol. The molecular weight excluding hydrogens is 210 g/mol. The van der Waals surface area contributed by atoms with Gasteiger partial charge in [0, 0.05) is 4.88 Å². The molecule has 0 fully saturated rings. The summed E-state index contributed by atoms with van der Waals surface area (Å²) in [5.74, 6) is 0. The number of thiophene rings is 1. The standard InChI is InChI=1S/C7H9NO3S2/c8-13(10,11)7-4-3-6(12-7)2-1-5-9/h1-4,9H,5H2,(H2,8,10,11). The zero-order valence-corrected chi connectivity index (χ0v) is 8.31. The first kappa shape index (κ1) is 10.4. The summed E-state index contributed by atoms with van der Waals surface area (Å²) in [6.07, 6.45) is 3.16. The molecule has 3 N–H and O–H groups in total. The van der Waals surface area contributed by atoms with Crippen molar-refractivity contribution >= 4 is 27.4 Å². The third-order valence-corrected chi connectivity index (χ3v) is 3.76. The normalized spacial score (nSPS) is 12.5. The van der Waals surface area contributed by atoms with Crippen LogP contribution in [0.25, 0.3) is 6.08 Å². The van der Waals surface area contributed by atoms with Gasteiger partial charge in [0.15, 0.2) is 0 Å². The highest BCUT2D eigenvalue weighted by Crippen LogP contribution is 2.21. The Morgan fingerprint density at radius 1 is 1.54 bits per heavy atom. The molecular formula is C7H9NO3S2. The quantitative estimate of drug-likeness (QED) is 0.772. The minimum atomic E-state index is -3.58. The van der Waals surface area contributed by atoms with E-state index in [0.29, 0.717) is 0 Å². The van der Waals surface area contributed by atoms with Crippen LogP contribution in [0.15, 0.2) is 22.4 Å². The Morgan fingerprint density at radius 2 is 2.23 bits per heavy atom. The van der Waals surface area contributed by atoms with Crippen molar-refractivity contribution < 1.29 is 13.5 Å². The Bertz CT molecular complexity index is 405. The lowest BCUT2D eigenvalue weighted by Gasteiger charge is -1.88. The molecule has 1 rings (SSSR count). The van der Waals surface area contributed by atoms with E-state index in [2.05, 4.69) is 0 Å². The number of hydrogen-bond donors (Lipinski definition) is 2. The average Bonchev–Trinajstić information content (AvgIpc) is 2.47. The summed E-state index contributed by atoms with van der Waals surface area (Å²) in [5.41, 5.74) is 0. The van der Waals surface area contributed by atoms with Crippen LogP contribution in [0, 0.1) is 0 Å². The highest BCUT2D eigenvalue weighted by molar-refractivity contribution is 7.91. The number of sulfonamides is 1. The first-order valence-electron chi connectivity index (χ1n) is 3.44. The van der Waals surface area contributed by atoms with Crippen molar-refractivity contribution in [2.75, 3.05) is 6.61 Å². The van der Waals surface area contributed by atoms with Crippen LogP contribution in [0.2, 0.25) is 0 Å². The summed E-state index contributed by atoms with van der Waals surface area (Å²) in [5, 5.41) is 13.4. The van der Waals surface area contributed by atoms with Crippen LogP contribution in [0.5, 0.6) is 0 Å². The van der Waals surface area contributed by atoms with Crippen LogP contribution < -0.4 is 5.14 Å². The summed E-state index contributed by atoms with van der Waals surface area (Å²) in [7, 11) is -3.58. The van der Waals surface area contributed by atoms with Crippen LogP contribution in [0.1, 0.15) is 4.88 Å². The second-order valence-electron chi connectivity index (χ2n) is 2.29. The lowest BCUT2D eigenvalue weighted by Crippen LogP contribution is -2.09. The summed E-state index contributed by atoms with van der Waals surface area (Å²) >= 11 is 1.07. The van der Waals surface area contributed by atoms with Crippen molar-refractivity contribution in [1.82, 2.24) is 0 Å². The summed E-state index contributed by atoms with van der Waals surface area (Å²) in [6.45, 7) is -0.0669. The molecule has 0 atom stereocenters. The van der Waals surface area contributed by atoms with Crippen LogP contribution >= 0.6 is 11.3 Å². The number of nitrogens with two attached hydrogens (primary N) is 1. The van der Waals surface area contributed by atoms with Crippen molar-refractivity contribution in [2.45, 2.75) is 4.21 Å². The Hall–Kier alpha value is -0.690. The molecule has 4 nitrogen and oxygen atoms in total. The van der Waals surface area contributed by atoms with Gasteiger partial charge in [-0.05, 0) is 18.2 Å². The third kappa shape index (κ3) is 2.92. The summed E-state index contributed by atoms with van der Waals surface area (Å²) in [4.78, 5) is 0.748. The van der Waals surface area contributed by atoms with E-state index < -0.39 is 10.0 Å². The smallest absolute Gasteiger partial charge is 0.247 e. The van der Waals surface area contributed by atoms with E-state index in [1.165, 1.54) is 12.1 Å². The zero-order valence-electron chi connectivity index (χ0n) is 6.67. The SMILES string of the molecule is NS(=O)(=O)c1ccc(C=CCO)s1. The molecule has 0 bridgehead atoms. The van der Waals surface area contributed by atoms with Gasteiger partial charge in [-0.15, -0.1) is 11.3 Å². The molecule has 13 heavy (non-hydrogen) atoms. The van der Waals surface area contributed by atoms with E-state index in [4.69, 9.17) is 10.2 Å². The maximum Gasteiger partial charge on any atom is 0.247 e. The van der Waals surface area contributed by atoms with Gasteiger partial charge in [0.25, 0.3) is 0 Å². The first-order valence-corrected chi connectivity index (χ1v) is 5.80. The van der Waals surface area contributed by atoms with Crippen LogP contribution in [-0.4, -0.2) is 20.1 Å². The van der Waals surface area contributed by atoms with Crippen molar-refractivity contribution in [2.24, 2.45) is 5.14 Å². The van der Waals surface area contributed by atoms with Gasteiger partial charge in [-0.25, -0.2) is 13.6 Å². The Labute approximate surface area is 80.4 Å². The van der Waals surface area contributed by atoms with E-state index in [1.807, 2.05) is 0 Å². The molecule has 0 saturated carbocycles. The first-order chi connectivity index (χ1) is 6.04. The Morgan fingerprint density at radius 3 is 2.69 bits per heavy atom. The van der Waals surface area contributed by atoms with E-state index in [1.54, 1.807) is 12.1 Å². The van der Waals surface area contributed by atoms with Gasteiger partial charge in [-0.1, -0.05) is 6.08 Å². The maximum atomic E-state index is 10.8. The van der Waals surface area contributed by atoms with E-state index in [0.717, 1.165) is 16.2 Å². The molecule has 1 aromatic rings. The molecule has 0 aliphatic carbocycles. The minimum absolute atomic E-state index is 0.0669. The van der Waals surface area contributed by atoms with Crippen LogP contribution in [0.3, 0.4) is 0 Å². The zero-order chi connectivity index (χ0) is 9.90. The van der Waals surface area contributed by atoms with Gasteiger partial charge in [0.2, 0.25) is 10.0 Å². The van der Waals surface area contributed by atoms with Gasteiger partial charge >= 0.3 is 0 Å². The minimum Gasteiger partial charge on any atom is -0.392 e. The molecule has 0 saturated heterocycles. The number of aliphatic hydroxyl groups excluding tert-OH is 1. The lowest BCUT2D eigenvalue weighted by atomic mass is 10.4. The van der Waals surface area contributed by atoms with Crippen molar-refractivity contribution in [3.63, 3.8) is 0 Å². The molecule has 0 spiro atoms. The van der Waals surface area contributed by atoms with E-state index >= 15 is 0 Å². The second-order valence-corrected chi connectivity index (χ2v) is 5.19. The maximum absolute atomic E-state index is 10.8. The monoisotopic (exact) mass is 219 g/mol. The molecule has 0 amide bonds. The Kier molecular flexibility index (Phi) is 3.21. The van der Waals surface area contributed by atoms with Gasteiger partial charge < -0.3 is 5.11 Å².